The van der Waals surface area contributed by atoms with Gasteiger partial charge in [-0.15, -0.1) is 0 Å². The Kier molecular flexibility index (Phi) is 7.37. The van der Waals surface area contributed by atoms with E-state index in [-0.39, 0.29) is 15.5 Å². The van der Waals surface area contributed by atoms with Gasteiger partial charge in [0.2, 0.25) is 0 Å². The van der Waals surface area contributed by atoms with Crippen LogP contribution in [0.4, 0.5) is 10.5 Å². The van der Waals surface area contributed by atoms with Crippen molar-refractivity contribution in [2.75, 3.05) is 4.72 Å². The summed E-state index contributed by atoms with van der Waals surface area (Å²) in [5, 5.41) is 2.71. The highest BCUT2D eigenvalue weighted by Crippen LogP contribution is 2.23. The van der Waals surface area contributed by atoms with Crippen molar-refractivity contribution >= 4 is 31.8 Å². The predicted molar refractivity (Wildman–Crippen MR) is 137 cm³/mol. The average molecular weight is 522 g/mol. The van der Waals surface area contributed by atoms with Crippen LogP contribution < -0.4 is 14.8 Å². The van der Waals surface area contributed by atoms with Gasteiger partial charge in [0, 0.05) is 0 Å². The fraction of sp³-hybridized carbons (Fsp3) is 0.0385. The van der Waals surface area contributed by atoms with Crippen molar-refractivity contribution in [1.82, 2.24) is 10.0 Å². The molecule has 0 saturated heterocycles. The number of carbonyl (C=O) groups is 1. The largest absolute Gasteiger partial charge is 0.329 e. The Morgan fingerprint density at radius 1 is 0.583 bits per heavy atom. The SMILES string of the molecule is O=C(NC(c1ccccc1)c1ccccc1)NS(=O)(=O)c1cccc(NS(=O)(=O)c2ccccc2)c1. The molecule has 0 aromatic heterocycles. The van der Waals surface area contributed by atoms with Crippen LogP contribution in [0.2, 0.25) is 0 Å². The lowest BCUT2D eigenvalue weighted by atomic mass is 9.99. The molecular weight excluding hydrogens is 498 g/mol. The van der Waals surface area contributed by atoms with Gasteiger partial charge in [-0.05, 0) is 41.5 Å². The first-order chi connectivity index (χ1) is 17.2. The number of benzene rings is 4. The molecule has 4 aromatic carbocycles. The maximum atomic E-state index is 12.9. The number of rotatable bonds is 8. The van der Waals surface area contributed by atoms with Gasteiger partial charge in [0.1, 0.15) is 0 Å². The highest BCUT2D eigenvalue weighted by atomic mass is 32.2. The molecule has 0 saturated carbocycles. The van der Waals surface area contributed by atoms with Crippen LogP contribution in [-0.2, 0) is 20.0 Å². The summed E-state index contributed by atoms with van der Waals surface area (Å²) in [6, 6.07) is 29.7. The van der Waals surface area contributed by atoms with Crippen molar-refractivity contribution in [2.24, 2.45) is 0 Å². The molecule has 0 radical (unpaired) electrons. The monoisotopic (exact) mass is 521 g/mol. The molecule has 0 spiro atoms. The minimum Gasteiger partial charge on any atom is -0.326 e. The third kappa shape index (κ3) is 6.09. The molecule has 4 rings (SSSR count). The summed E-state index contributed by atoms with van der Waals surface area (Å²) in [4.78, 5) is 12.5. The summed E-state index contributed by atoms with van der Waals surface area (Å²) in [5.74, 6) is 0. The molecule has 0 fully saturated rings. The number of nitrogens with one attached hydrogen (secondary N) is 3. The second-order valence-electron chi connectivity index (χ2n) is 7.78. The van der Waals surface area contributed by atoms with Crippen LogP contribution >= 0.6 is 0 Å². The summed E-state index contributed by atoms with van der Waals surface area (Å²) in [6.45, 7) is 0. The van der Waals surface area contributed by atoms with E-state index in [0.29, 0.717) is 0 Å². The number of amides is 2. The standard InChI is InChI=1S/C26H23N3O5S2/c30-26(27-25(20-11-4-1-5-12-20)21-13-6-2-7-14-21)29-36(33,34)24-18-10-15-22(19-24)28-35(31,32)23-16-8-3-9-17-23/h1-19,25,28H,(H2,27,29,30). The Labute approximate surface area is 210 Å². The zero-order valence-corrected chi connectivity index (χ0v) is 20.5. The first-order valence-electron chi connectivity index (χ1n) is 10.9. The van der Waals surface area contributed by atoms with Crippen molar-refractivity contribution in [2.45, 2.75) is 15.8 Å². The second kappa shape index (κ2) is 10.6. The minimum atomic E-state index is -4.31. The summed E-state index contributed by atoms with van der Waals surface area (Å²) in [6.07, 6.45) is 0. The average Bonchev–Trinajstić information content (AvgIpc) is 2.88. The van der Waals surface area contributed by atoms with E-state index in [4.69, 9.17) is 0 Å². The van der Waals surface area contributed by atoms with Crippen molar-refractivity contribution in [1.29, 1.82) is 0 Å². The van der Waals surface area contributed by atoms with Crippen molar-refractivity contribution in [3.8, 4) is 0 Å². The van der Waals surface area contributed by atoms with E-state index in [2.05, 4.69) is 10.0 Å². The molecule has 0 aliphatic rings. The predicted octanol–water partition coefficient (Wildman–Crippen LogP) is 4.26. The number of sulfonamides is 2. The van der Waals surface area contributed by atoms with Crippen LogP contribution in [-0.4, -0.2) is 22.9 Å². The molecule has 184 valence electrons. The van der Waals surface area contributed by atoms with E-state index in [1.165, 1.54) is 30.3 Å². The summed E-state index contributed by atoms with van der Waals surface area (Å²) in [5.41, 5.74) is 1.58. The van der Waals surface area contributed by atoms with Gasteiger partial charge in [0.25, 0.3) is 20.0 Å². The maximum Gasteiger partial charge on any atom is 0.329 e. The van der Waals surface area contributed by atoms with Gasteiger partial charge in [-0.25, -0.2) is 26.4 Å². The number of carbonyl (C=O) groups excluding carboxylic acids is 1. The first kappa shape index (κ1) is 25.0. The summed E-state index contributed by atoms with van der Waals surface area (Å²) >= 11 is 0. The second-order valence-corrected chi connectivity index (χ2v) is 11.1. The van der Waals surface area contributed by atoms with Gasteiger partial charge >= 0.3 is 6.03 Å². The molecular formula is C26H23N3O5S2. The number of urea groups is 1. The summed E-state index contributed by atoms with van der Waals surface area (Å²) in [7, 11) is -8.23. The zero-order chi connectivity index (χ0) is 25.6. The molecule has 0 unspecified atom stereocenters. The van der Waals surface area contributed by atoms with Gasteiger partial charge in [-0.3, -0.25) is 4.72 Å². The zero-order valence-electron chi connectivity index (χ0n) is 18.9. The molecule has 4 aromatic rings. The van der Waals surface area contributed by atoms with Gasteiger partial charge in [-0.2, -0.15) is 0 Å². The Morgan fingerprint density at radius 2 is 1.08 bits per heavy atom. The number of hydrogen-bond donors (Lipinski definition) is 3. The lowest BCUT2D eigenvalue weighted by molar-refractivity contribution is 0.243. The van der Waals surface area contributed by atoms with Gasteiger partial charge < -0.3 is 5.32 Å². The molecule has 0 atom stereocenters. The molecule has 8 nitrogen and oxygen atoms in total. The van der Waals surface area contributed by atoms with Crippen molar-refractivity contribution < 1.29 is 21.6 Å². The fourth-order valence-electron chi connectivity index (χ4n) is 3.53. The lowest BCUT2D eigenvalue weighted by Gasteiger charge is -2.20. The van der Waals surface area contributed by atoms with E-state index < -0.39 is 32.1 Å². The van der Waals surface area contributed by atoms with E-state index in [1.54, 1.807) is 18.2 Å². The Morgan fingerprint density at radius 3 is 1.64 bits per heavy atom. The normalized spacial score (nSPS) is 11.6. The Hall–Kier alpha value is -4.15. The van der Waals surface area contributed by atoms with Crippen LogP contribution in [0, 0.1) is 0 Å². The molecule has 36 heavy (non-hydrogen) atoms. The quantitative estimate of drug-likeness (QED) is 0.320. The minimum absolute atomic E-state index is 0.0311. The van der Waals surface area contributed by atoms with Crippen LogP contribution in [0.1, 0.15) is 17.2 Å². The molecule has 0 heterocycles. The highest BCUT2D eigenvalue weighted by Gasteiger charge is 2.23. The third-order valence-corrected chi connectivity index (χ3v) is 7.94. The van der Waals surface area contributed by atoms with Crippen molar-refractivity contribution in [3.05, 3.63) is 126 Å². The number of anilines is 1. The lowest BCUT2D eigenvalue weighted by Crippen LogP contribution is -2.41. The first-order valence-corrected chi connectivity index (χ1v) is 13.8. The molecule has 2 amide bonds. The van der Waals surface area contributed by atoms with Crippen LogP contribution in [0.25, 0.3) is 0 Å². The maximum absolute atomic E-state index is 12.9. The van der Waals surface area contributed by atoms with Gasteiger partial charge in [-0.1, -0.05) is 84.9 Å². The van der Waals surface area contributed by atoms with Crippen molar-refractivity contribution in [3.63, 3.8) is 0 Å². The van der Waals surface area contributed by atoms with E-state index in [9.17, 15) is 21.6 Å². The van der Waals surface area contributed by atoms with Crippen LogP contribution in [0.3, 0.4) is 0 Å². The van der Waals surface area contributed by atoms with E-state index >= 15 is 0 Å². The molecule has 0 bridgehead atoms. The molecule has 0 aliphatic heterocycles. The van der Waals surface area contributed by atoms with E-state index in [0.717, 1.165) is 17.2 Å². The van der Waals surface area contributed by atoms with Crippen LogP contribution in [0.15, 0.2) is 125 Å². The van der Waals surface area contributed by atoms with Gasteiger partial charge in [0.15, 0.2) is 0 Å². The molecule has 10 heteroatoms. The molecule has 0 aliphatic carbocycles. The van der Waals surface area contributed by atoms with Crippen LogP contribution in [0.5, 0.6) is 0 Å². The Balaban J connectivity index is 1.52. The van der Waals surface area contributed by atoms with Gasteiger partial charge in [0.05, 0.1) is 21.5 Å². The smallest absolute Gasteiger partial charge is 0.326 e. The number of hydrogen-bond acceptors (Lipinski definition) is 5. The van der Waals surface area contributed by atoms with E-state index in [1.807, 2.05) is 65.4 Å². The fourth-order valence-corrected chi connectivity index (χ4v) is 5.56. The highest BCUT2D eigenvalue weighted by molar-refractivity contribution is 7.92. The topological polar surface area (TPSA) is 121 Å². The Bertz CT molecular complexity index is 1510. The molecule has 3 N–H and O–H groups in total. The summed E-state index contributed by atoms with van der Waals surface area (Å²) < 4.78 is 55.4. The third-order valence-electron chi connectivity index (χ3n) is 5.22.